The largest absolute Gasteiger partial charge is 0.480 e. The number of aliphatic carboxylic acids is 1. The molecule has 0 aliphatic heterocycles. The van der Waals surface area contributed by atoms with Crippen LogP contribution in [0, 0.1) is 5.92 Å². The van der Waals surface area contributed by atoms with Gasteiger partial charge >= 0.3 is 12.0 Å². The topological polar surface area (TPSA) is 69.6 Å². The maximum Gasteiger partial charge on any atom is 0.323 e. The first-order chi connectivity index (χ1) is 8.13. The fraction of sp³-hybridized carbons (Fsp3) is 0.833. The number of nitrogens with one attached hydrogen (secondary N) is 1. The van der Waals surface area contributed by atoms with Gasteiger partial charge < -0.3 is 15.3 Å². The molecule has 0 spiro atoms. The van der Waals surface area contributed by atoms with Crippen molar-refractivity contribution in [3.05, 3.63) is 0 Å². The Morgan fingerprint density at radius 3 is 2.53 bits per heavy atom. The molecule has 1 aliphatic carbocycles. The Morgan fingerprint density at radius 2 is 2.00 bits per heavy atom. The van der Waals surface area contributed by atoms with Crippen LogP contribution in [0.3, 0.4) is 0 Å². The van der Waals surface area contributed by atoms with Crippen LogP contribution in [0.2, 0.25) is 0 Å². The molecule has 1 aliphatic rings. The van der Waals surface area contributed by atoms with Crippen molar-refractivity contribution in [2.24, 2.45) is 5.92 Å². The lowest BCUT2D eigenvalue weighted by molar-refractivity contribution is -0.137. The molecule has 2 amide bonds. The van der Waals surface area contributed by atoms with E-state index in [-0.39, 0.29) is 12.6 Å². The molecule has 0 aromatic rings. The van der Waals surface area contributed by atoms with Crippen LogP contribution >= 0.6 is 0 Å². The molecule has 5 nitrogen and oxygen atoms in total. The average molecular weight is 242 g/mol. The molecule has 0 radical (unpaired) electrons. The standard InChI is InChI=1S/C12H22N2O3/c1-2-14(9-11(15)16)12(17)13-8-7-10-5-3-4-6-10/h10H,2-9H2,1H3,(H,13,17)(H,15,16). The first-order valence-electron chi connectivity index (χ1n) is 6.38. The van der Waals surface area contributed by atoms with Crippen LogP contribution in [-0.4, -0.2) is 41.6 Å². The second-order valence-corrected chi connectivity index (χ2v) is 4.58. The van der Waals surface area contributed by atoms with E-state index in [1.54, 1.807) is 6.92 Å². The number of carbonyl (C=O) groups is 2. The predicted octanol–water partition coefficient (Wildman–Crippen LogP) is 1.68. The zero-order chi connectivity index (χ0) is 12.7. The molecule has 98 valence electrons. The van der Waals surface area contributed by atoms with Crippen molar-refractivity contribution >= 4 is 12.0 Å². The van der Waals surface area contributed by atoms with Crippen LogP contribution in [0.15, 0.2) is 0 Å². The van der Waals surface area contributed by atoms with Gasteiger partial charge in [-0.25, -0.2) is 4.79 Å². The molecule has 1 rings (SSSR count). The van der Waals surface area contributed by atoms with Gasteiger partial charge in [0.25, 0.3) is 0 Å². The van der Waals surface area contributed by atoms with Gasteiger partial charge in [0.2, 0.25) is 0 Å². The lowest BCUT2D eigenvalue weighted by Gasteiger charge is -2.19. The minimum Gasteiger partial charge on any atom is -0.480 e. The Bertz CT molecular complexity index is 262. The highest BCUT2D eigenvalue weighted by Gasteiger charge is 2.17. The fourth-order valence-electron chi connectivity index (χ4n) is 2.28. The van der Waals surface area contributed by atoms with Gasteiger partial charge in [0, 0.05) is 13.1 Å². The van der Waals surface area contributed by atoms with Crippen LogP contribution in [0.1, 0.15) is 39.0 Å². The number of carboxylic acid groups (broad SMARTS) is 1. The predicted molar refractivity (Wildman–Crippen MR) is 64.9 cm³/mol. The van der Waals surface area contributed by atoms with E-state index in [2.05, 4.69) is 5.32 Å². The maximum atomic E-state index is 11.6. The van der Waals surface area contributed by atoms with Crippen LogP contribution in [0.4, 0.5) is 4.79 Å². The van der Waals surface area contributed by atoms with Gasteiger partial charge in [0.15, 0.2) is 0 Å². The van der Waals surface area contributed by atoms with Crippen molar-refractivity contribution in [3.63, 3.8) is 0 Å². The van der Waals surface area contributed by atoms with E-state index in [1.165, 1.54) is 30.6 Å². The summed E-state index contributed by atoms with van der Waals surface area (Å²) in [7, 11) is 0. The second kappa shape index (κ2) is 7.14. The van der Waals surface area contributed by atoms with E-state index >= 15 is 0 Å². The molecule has 0 saturated heterocycles. The number of hydrogen-bond acceptors (Lipinski definition) is 2. The normalized spacial score (nSPS) is 15.8. The molecule has 1 saturated carbocycles. The van der Waals surface area contributed by atoms with Crippen molar-refractivity contribution in [2.75, 3.05) is 19.6 Å². The van der Waals surface area contributed by atoms with E-state index in [0.29, 0.717) is 13.1 Å². The molecule has 0 aromatic heterocycles. The molecule has 0 aromatic carbocycles. The summed E-state index contributed by atoms with van der Waals surface area (Å²) < 4.78 is 0. The lowest BCUT2D eigenvalue weighted by atomic mass is 10.0. The number of nitrogens with zero attached hydrogens (tertiary/aromatic N) is 1. The van der Waals surface area contributed by atoms with Crippen molar-refractivity contribution in [3.8, 4) is 0 Å². The zero-order valence-electron chi connectivity index (χ0n) is 10.4. The summed E-state index contributed by atoms with van der Waals surface area (Å²) in [5, 5.41) is 11.4. The molecule has 0 heterocycles. The molecular weight excluding hydrogens is 220 g/mol. The number of rotatable bonds is 6. The van der Waals surface area contributed by atoms with E-state index in [4.69, 9.17) is 5.11 Å². The summed E-state index contributed by atoms with van der Waals surface area (Å²) in [5.74, 6) is -0.234. The first kappa shape index (κ1) is 13.8. The van der Waals surface area contributed by atoms with Crippen LogP contribution in [0.25, 0.3) is 0 Å². The Hall–Kier alpha value is -1.26. The van der Waals surface area contributed by atoms with Crippen LogP contribution in [0.5, 0.6) is 0 Å². The highest BCUT2D eigenvalue weighted by Crippen LogP contribution is 2.26. The third-order valence-electron chi connectivity index (χ3n) is 3.30. The number of likely N-dealkylation sites (N-methyl/N-ethyl adjacent to an activating group) is 1. The van der Waals surface area contributed by atoms with Crippen molar-refractivity contribution < 1.29 is 14.7 Å². The van der Waals surface area contributed by atoms with Crippen molar-refractivity contribution in [2.45, 2.75) is 39.0 Å². The van der Waals surface area contributed by atoms with E-state index in [0.717, 1.165) is 12.3 Å². The second-order valence-electron chi connectivity index (χ2n) is 4.58. The molecule has 5 heteroatoms. The summed E-state index contributed by atoms with van der Waals surface area (Å²) in [6.45, 7) is 2.62. The summed E-state index contributed by atoms with van der Waals surface area (Å²) in [6, 6.07) is -0.270. The molecule has 0 atom stereocenters. The maximum absolute atomic E-state index is 11.6. The molecule has 2 N–H and O–H groups in total. The Labute approximate surface area is 102 Å². The Balaban J connectivity index is 2.19. The summed E-state index contributed by atoms with van der Waals surface area (Å²) in [4.78, 5) is 23.5. The van der Waals surface area contributed by atoms with Gasteiger partial charge in [-0.05, 0) is 19.3 Å². The number of carboxylic acids is 1. The van der Waals surface area contributed by atoms with Gasteiger partial charge in [-0.3, -0.25) is 4.79 Å². The molecular formula is C12H22N2O3. The monoisotopic (exact) mass is 242 g/mol. The molecule has 1 fully saturated rings. The third-order valence-corrected chi connectivity index (χ3v) is 3.30. The smallest absolute Gasteiger partial charge is 0.323 e. The molecule has 0 bridgehead atoms. The number of urea groups is 1. The highest BCUT2D eigenvalue weighted by molar-refractivity contribution is 5.79. The van der Waals surface area contributed by atoms with Gasteiger partial charge in [-0.1, -0.05) is 25.7 Å². The van der Waals surface area contributed by atoms with E-state index < -0.39 is 5.97 Å². The van der Waals surface area contributed by atoms with Gasteiger partial charge in [0.05, 0.1) is 0 Å². The quantitative estimate of drug-likeness (QED) is 0.744. The van der Waals surface area contributed by atoms with Gasteiger partial charge in [-0.15, -0.1) is 0 Å². The number of hydrogen-bond donors (Lipinski definition) is 2. The summed E-state index contributed by atoms with van der Waals surface area (Å²) in [6.07, 6.45) is 6.15. The lowest BCUT2D eigenvalue weighted by Crippen LogP contribution is -2.43. The van der Waals surface area contributed by atoms with Gasteiger partial charge in [0.1, 0.15) is 6.54 Å². The first-order valence-corrected chi connectivity index (χ1v) is 6.38. The highest BCUT2D eigenvalue weighted by atomic mass is 16.4. The van der Waals surface area contributed by atoms with E-state index in [1.807, 2.05) is 0 Å². The average Bonchev–Trinajstić information content (AvgIpc) is 2.78. The minimum absolute atomic E-state index is 0.230. The van der Waals surface area contributed by atoms with Crippen LogP contribution < -0.4 is 5.32 Å². The number of amides is 2. The molecule has 0 unspecified atom stereocenters. The van der Waals surface area contributed by atoms with Crippen molar-refractivity contribution in [1.82, 2.24) is 10.2 Å². The van der Waals surface area contributed by atoms with Crippen LogP contribution in [-0.2, 0) is 4.79 Å². The zero-order valence-corrected chi connectivity index (χ0v) is 10.4. The fourth-order valence-corrected chi connectivity index (χ4v) is 2.28. The summed E-state index contributed by atoms with van der Waals surface area (Å²) >= 11 is 0. The van der Waals surface area contributed by atoms with Crippen molar-refractivity contribution in [1.29, 1.82) is 0 Å². The third kappa shape index (κ3) is 5.06. The number of carbonyl (C=O) groups excluding carboxylic acids is 1. The van der Waals surface area contributed by atoms with Gasteiger partial charge in [-0.2, -0.15) is 0 Å². The van der Waals surface area contributed by atoms with E-state index in [9.17, 15) is 9.59 Å². The SMILES string of the molecule is CCN(CC(=O)O)C(=O)NCCC1CCCC1. The minimum atomic E-state index is -0.974. The summed E-state index contributed by atoms with van der Waals surface area (Å²) in [5.41, 5.74) is 0. The Morgan fingerprint density at radius 1 is 1.35 bits per heavy atom. The Kier molecular flexibility index (Phi) is 5.80. The molecule has 17 heavy (non-hydrogen) atoms.